The molecule has 0 amide bonds. The van der Waals surface area contributed by atoms with E-state index in [-0.39, 0.29) is 5.12 Å². The molecule has 9 heteroatoms. The molecule has 134 valence electrons. The van der Waals surface area contributed by atoms with Gasteiger partial charge >= 0.3 is 0 Å². The van der Waals surface area contributed by atoms with Crippen LogP contribution in [0.3, 0.4) is 0 Å². The number of carbonyl (C=O) groups is 1. The Labute approximate surface area is 149 Å². The molecule has 0 aromatic heterocycles. The van der Waals surface area contributed by atoms with Crippen LogP contribution in [0.1, 0.15) is 18.8 Å². The van der Waals surface area contributed by atoms with Gasteiger partial charge in [0, 0.05) is 24.5 Å². The predicted octanol–water partition coefficient (Wildman–Crippen LogP) is 2.80. The van der Waals surface area contributed by atoms with Gasteiger partial charge in [-0.2, -0.15) is 0 Å². The summed E-state index contributed by atoms with van der Waals surface area (Å²) in [6, 6.07) is 8.84. The van der Waals surface area contributed by atoms with Gasteiger partial charge in [0.05, 0.1) is 11.9 Å². The molecule has 1 aromatic carbocycles. The Balaban J connectivity index is 1.87. The molecule has 0 bridgehead atoms. The lowest BCUT2D eigenvalue weighted by molar-refractivity contribution is -0.314. The molecule has 2 saturated heterocycles. The first kappa shape index (κ1) is 18.2. The number of nitrogens with zero attached hydrogens (tertiary/aromatic N) is 3. The highest BCUT2D eigenvalue weighted by molar-refractivity contribution is 8.14. The average molecular weight is 365 g/mol. The molecule has 0 N–H and O–H groups in total. The van der Waals surface area contributed by atoms with Gasteiger partial charge in [-0.15, -0.1) is 0 Å². The van der Waals surface area contributed by atoms with E-state index < -0.39 is 36.1 Å². The fourth-order valence-corrected chi connectivity index (χ4v) is 4.12. The van der Waals surface area contributed by atoms with Gasteiger partial charge in [-0.1, -0.05) is 47.2 Å². The van der Waals surface area contributed by atoms with E-state index in [1.807, 2.05) is 30.3 Å². The molecule has 2 aliphatic rings. The molecule has 0 radical (unpaired) electrons. The van der Waals surface area contributed by atoms with E-state index in [0.29, 0.717) is 6.61 Å². The van der Waals surface area contributed by atoms with Gasteiger partial charge in [-0.3, -0.25) is 4.79 Å². The van der Waals surface area contributed by atoms with Crippen molar-refractivity contribution >= 4 is 16.9 Å². The maximum atomic E-state index is 11.7. The first-order valence-corrected chi connectivity index (χ1v) is 8.73. The van der Waals surface area contributed by atoms with E-state index in [0.717, 1.165) is 17.3 Å². The molecule has 0 spiro atoms. The molecule has 1 aromatic rings. The summed E-state index contributed by atoms with van der Waals surface area (Å²) in [4.78, 5) is 14.6. The topological polar surface area (TPSA) is 103 Å². The molecule has 2 fully saturated rings. The Morgan fingerprint density at radius 1 is 1.36 bits per heavy atom. The minimum Gasteiger partial charge on any atom is -0.355 e. The van der Waals surface area contributed by atoms with Crippen molar-refractivity contribution in [2.24, 2.45) is 5.11 Å². The van der Waals surface area contributed by atoms with Crippen LogP contribution < -0.4 is 0 Å². The van der Waals surface area contributed by atoms with E-state index in [9.17, 15) is 4.79 Å². The number of carbonyl (C=O) groups excluding carboxylic acids is 1. The van der Waals surface area contributed by atoms with E-state index in [1.165, 1.54) is 14.0 Å². The normalized spacial score (nSPS) is 34.6. The third-order valence-corrected chi connectivity index (χ3v) is 5.25. The lowest BCUT2D eigenvalue weighted by atomic mass is 9.99. The zero-order valence-corrected chi connectivity index (χ0v) is 14.7. The summed E-state index contributed by atoms with van der Waals surface area (Å²) in [5.74, 6) is 0. The third-order valence-electron chi connectivity index (χ3n) is 4.10. The van der Waals surface area contributed by atoms with Gasteiger partial charge in [0.15, 0.2) is 17.7 Å². The second-order valence-electron chi connectivity index (χ2n) is 5.72. The summed E-state index contributed by atoms with van der Waals surface area (Å²) < 4.78 is 23.0. The minimum absolute atomic E-state index is 0.0926. The molecule has 0 aliphatic carbocycles. The molecule has 8 nitrogen and oxygen atoms in total. The maximum absolute atomic E-state index is 11.7. The van der Waals surface area contributed by atoms with Gasteiger partial charge in [0.2, 0.25) is 0 Å². The molecule has 0 saturated carbocycles. The Morgan fingerprint density at radius 3 is 2.76 bits per heavy atom. The number of rotatable bonds is 4. The van der Waals surface area contributed by atoms with Crippen LogP contribution in [-0.2, 0) is 23.7 Å². The lowest BCUT2D eigenvalue weighted by Crippen LogP contribution is -2.60. The summed E-state index contributed by atoms with van der Waals surface area (Å²) in [7, 11) is 1.47. The van der Waals surface area contributed by atoms with Crippen molar-refractivity contribution < 1.29 is 23.7 Å². The summed E-state index contributed by atoms with van der Waals surface area (Å²) in [6.45, 7) is 1.76. The highest BCUT2D eigenvalue weighted by Gasteiger charge is 2.50. The molecular formula is C16H19N3O5S. The van der Waals surface area contributed by atoms with Gasteiger partial charge in [0.25, 0.3) is 0 Å². The van der Waals surface area contributed by atoms with E-state index >= 15 is 0 Å². The first-order chi connectivity index (χ1) is 12.1. The molecular weight excluding hydrogens is 346 g/mol. The largest absolute Gasteiger partial charge is 0.355 e. The van der Waals surface area contributed by atoms with Crippen molar-refractivity contribution in [3.63, 3.8) is 0 Å². The zero-order chi connectivity index (χ0) is 17.8. The number of thioether (sulfide) groups is 1. The van der Waals surface area contributed by atoms with Crippen LogP contribution in [0, 0.1) is 0 Å². The smallest absolute Gasteiger partial charge is 0.186 e. The van der Waals surface area contributed by atoms with Crippen molar-refractivity contribution in [3.8, 4) is 0 Å². The molecule has 2 aliphatic heterocycles. The number of hydrogen-bond donors (Lipinski definition) is 0. The first-order valence-electron chi connectivity index (χ1n) is 7.85. The Morgan fingerprint density at radius 2 is 2.12 bits per heavy atom. The van der Waals surface area contributed by atoms with E-state index in [2.05, 4.69) is 10.0 Å². The SMILES string of the molecule is CO[C@H]1O[C@@H]2CO[C@@H](c3ccccc3)O[C@H]2[C@H](SC(C)=O)[C@@H]1N=[N+]=[N-]. The standard InChI is InChI=1S/C16H19N3O5S/c1-9(20)25-14-12(18-19-17)16(21-2)23-11-8-22-15(24-13(11)14)10-6-4-3-5-7-10/h3-7,11-16H,8H2,1-2H3/t11-,12+,13-,14-,15-,16+/m1/s1. The fourth-order valence-electron chi connectivity index (χ4n) is 3.04. The third kappa shape index (κ3) is 3.98. The number of methoxy groups -OCH3 is 1. The average Bonchev–Trinajstić information content (AvgIpc) is 2.63. The summed E-state index contributed by atoms with van der Waals surface area (Å²) >= 11 is 1.08. The molecule has 25 heavy (non-hydrogen) atoms. The summed E-state index contributed by atoms with van der Waals surface area (Å²) in [5.41, 5.74) is 9.77. The van der Waals surface area contributed by atoms with Gasteiger partial charge < -0.3 is 18.9 Å². The van der Waals surface area contributed by atoms with E-state index in [4.69, 9.17) is 24.5 Å². The predicted molar refractivity (Wildman–Crippen MR) is 90.7 cm³/mol. The van der Waals surface area contributed by atoms with E-state index in [1.54, 1.807) is 0 Å². The molecule has 2 heterocycles. The quantitative estimate of drug-likeness (QED) is 0.462. The monoisotopic (exact) mass is 365 g/mol. The van der Waals surface area contributed by atoms with Crippen molar-refractivity contribution in [1.29, 1.82) is 0 Å². The fraction of sp³-hybridized carbons (Fsp3) is 0.562. The van der Waals surface area contributed by atoms with Crippen molar-refractivity contribution in [1.82, 2.24) is 0 Å². The highest BCUT2D eigenvalue weighted by atomic mass is 32.2. The van der Waals surface area contributed by atoms with Crippen LogP contribution in [0.4, 0.5) is 0 Å². The highest BCUT2D eigenvalue weighted by Crippen LogP contribution is 2.40. The lowest BCUT2D eigenvalue weighted by Gasteiger charge is -2.47. The number of ether oxygens (including phenoxy) is 4. The minimum atomic E-state index is -0.755. The number of fused-ring (bicyclic) bond motifs is 1. The Kier molecular flexibility index (Phi) is 5.95. The number of azide groups is 1. The maximum Gasteiger partial charge on any atom is 0.186 e. The summed E-state index contributed by atoms with van der Waals surface area (Å²) in [5, 5.41) is 3.28. The Bertz CT molecular complexity index is 654. The van der Waals surface area contributed by atoms with Crippen LogP contribution in [0.5, 0.6) is 0 Å². The van der Waals surface area contributed by atoms with Gasteiger partial charge in [-0.25, -0.2) is 0 Å². The van der Waals surface area contributed by atoms with Crippen molar-refractivity contribution in [2.75, 3.05) is 13.7 Å². The summed E-state index contributed by atoms with van der Waals surface area (Å²) in [6.07, 6.45) is -2.19. The van der Waals surface area contributed by atoms with Crippen LogP contribution in [0.25, 0.3) is 10.4 Å². The van der Waals surface area contributed by atoms with Crippen LogP contribution in [0.2, 0.25) is 0 Å². The van der Waals surface area contributed by atoms with Crippen molar-refractivity contribution in [3.05, 3.63) is 46.3 Å². The zero-order valence-electron chi connectivity index (χ0n) is 13.8. The number of hydrogen-bond acceptors (Lipinski definition) is 7. The molecule has 0 unspecified atom stereocenters. The van der Waals surface area contributed by atoms with Gasteiger partial charge in [0.1, 0.15) is 18.2 Å². The second-order valence-corrected chi connectivity index (χ2v) is 7.08. The van der Waals surface area contributed by atoms with Crippen LogP contribution >= 0.6 is 11.8 Å². The second kappa shape index (κ2) is 8.18. The Hall–Kier alpha value is -1.61. The molecule has 3 rings (SSSR count). The van der Waals surface area contributed by atoms with Crippen LogP contribution in [-0.4, -0.2) is 48.6 Å². The molecule has 6 atom stereocenters. The number of benzene rings is 1. The van der Waals surface area contributed by atoms with Crippen LogP contribution in [0.15, 0.2) is 35.4 Å². The van der Waals surface area contributed by atoms with Crippen molar-refractivity contribution in [2.45, 2.75) is 43.0 Å². The van der Waals surface area contributed by atoms with Gasteiger partial charge in [-0.05, 0) is 5.53 Å².